The molecule has 1 amide bonds. The molecular weight excluding hydrogens is 266 g/mol. The number of carbonyl (C=O) groups excluding carboxylic acids is 1. The Kier molecular flexibility index (Phi) is 7.46. The van der Waals surface area contributed by atoms with Gasteiger partial charge in [-0.15, -0.1) is 0 Å². The maximum atomic E-state index is 11.6. The lowest BCUT2D eigenvalue weighted by atomic mass is 9.97. The number of carbonyl (C=O) groups is 1. The van der Waals surface area contributed by atoms with Crippen molar-refractivity contribution >= 4 is 6.09 Å². The molecule has 0 spiro atoms. The van der Waals surface area contributed by atoms with Gasteiger partial charge in [-0.3, -0.25) is 0 Å². The van der Waals surface area contributed by atoms with E-state index in [0.29, 0.717) is 0 Å². The molecule has 0 bridgehead atoms. The predicted octanol–water partition coefficient (Wildman–Crippen LogP) is 2.22. The van der Waals surface area contributed by atoms with E-state index in [2.05, 4.69) is 22.6 Å². The second kappa shape index (κ2) is 8.59. The maximum absolute atomic E-state index is 11.6. The third-order valence-corrected chi connectivity index (χ3v) is 3.79. The number of nitrogens with zero attached hydrogens (tertiary/aromatic N) is 1. The number of nitrogens with one attached hydrogen (secondary N) is 2. The Hall–Kier alpha value is -0.810. The zero-order valence-corrected chi connectivity index (χ0v) is 14.4. The number of ether oxygens (including phenoxy) is 1. The van der Waals surface area contributed by atoms with Crippen molar-refractivity contribution in [3.05, 3.63) is 0 Å². The van der Waals surface area contributed by atoms with E-state index in [4.69, 9.17) is 4.74 Å². The summed E-state index contributed by atoms with van der Waals surface area (Å²) >= 11 is 0. The minimum atomic E-state index is -0.434. The van der Waals surface area contributed by atoms with E-state index < -0.39 is 5.60 Å². The van der Waals surface area contributed by atoms with Gasteiger partial charge < -0.3 is 20.3 Å². The van der Waals surface area contributed by atoms with Crippen LogP contribution in [0.1, 0.15) is 47.0 Å². The number of hydrogen-bond donors (Lipinski definition) is 2. The highest BCUT2D eigenvalue weighted by Gasteiger charge is 2.18. The molecule has 21 heavy (non-hydrogen) atoms. The van der Waals surface area contributed by atoms with E-state index in [0.717, 1.165) is 25.4 Å². The standard InChI is InChI=1S/C16H33N3O2/c1-13(18-15(20)21-16(2,3)4)6-9-17-12-14-7-10-19(5)11-8-14/h13-14,17H,6-12H2,1-5H3,(H,18,20). The molecule has 1 aliphatic rings. The number of hydrogen-bond acceptors (Lipinski definition) is 4. The van der Waals surface area contributed by atoms with Gasteiger partial charge in [-0.05, 0) is 86.1 Å². The van der Waals surface area contributed by atoms with Gasteiger partial charge in [-0.2, -0.15) is 0 Å². The van der Waals surface area contributed by atoms with Crippen molar-refractivity contribution in [3.8, 4) is 0 Å². The fraction of sp³-hybridized carbons (Fsp3) is 0.938. The van der Waals surface area contributed by atoms with E-state index in [1.54, 1.807) is 0 Å². The predicted molar refractivity (Wildman–Crippen MR) is 86.5 cm³/mol. The monoisotopic (exact) mass is 299 g/mol. The molecule has 0 radical (unpaired) electrons. The summed E-state index contributed by atoms with van der Waals surface area (Å²) in [6.45, 7) is 12.1. The first-order valence-electron chi connectivity index (χ1n) is 8.15. The third-order valence-electron chi connectivity index (χ3n) is 3.79. The Labute approximate surface area is 129 Å². The third kappa shape index (κ3) is 8.94. The topological polar surface area (TPSA) is 53.6 Å². The van der Waals surface area contributed by atoms with Gasteiger partial charge in [0.05, 0.1) is 0 Å². The Morgan fingerprint density at radius 3 is 2.52 bits per heavy atom. The van der Waals surface area contributed by atoms with Gasteiger partial charge in [0.25, 0.3) is 0 Å². The Morgan fingerprint density at radius 2 is 1.95 bits per heavy atom. The molecular formula is C16H33N3O2. The SMILES string of the molecule is CC(CCNCC1CCN(C)CC1)NC(=O)OC(C)(C)C. The number of alkyl carbamates (subject to hydrolysis) is 1. The van der Waals surface area contributed by atoms with Gasteiger partial charge in [-0.1, -0.05) is 0 Å². The van der Waals surface area contributed by atoms with Crippen LogP contribution in [0.15, 0.2) is 0 Å². The number of rotatable bonds is 6. The molecule has 0 aromatic rings. The normalized spacial score (nSPS) is 19.3. The van der Waals surface area contributed by atoms with Crippen molar-refractivity contribution in [1.82, 2.24) is 15.5 Å². The van der Waals surface area contributed by atoms with Crippen LogP contribution in [0.5, 0.6) is 0 Å². The summed E-state index contributed by atoms with van der Waals surface area (Å²) in [7, 11) is 2.19. The molecule has 124 valence electrons. The molecule has 5 heteroatoms. The quantitative estimate of drug-likeness (QED) is 0.739. The lowest BCUT2D eigenvalue weighted by Crippen LogP contribution is -2.40. The molecule has 1 unspecified atom stereocenters. The van der Waals surface area contributed by atoms with Crippen molar-refractivity contribution in [2.45, 2.75) is 58.6 Å². The Morgan fingerprint density at radius 1 is 1.33 bits per heavy atom. The van der Waals surface area contributed by atoms with E-state index in [1.165, 1.54) is 25.9 Å². The van der Waals surface area contributed by atoms with Crippen LogP contribution in [0, 0.1) is 5.92 Å². The minimum absolute atomic E-state index is 0.129. The highest BCUT2D eigenvalue weighted by atomic mass is 16.6. The number of likely N-dealkylation sites (tertiary alicyclic amines) is 1. The number of piperidine rings is 1. The summed E-state index contributed by atoms with van der Waals surface area (Å²) in [6, 6.07) is 0.129. The zero-order chi connectivity index (χ0) is 15.9. The first kappa shape index (κ1) is 18.2. The van der Waals surface area contributed by atoms with Crippen LogP contribution in [0.25, 0.3) is 0 Å². The van der Waals surface area contributed by atoms with Crippen molar-refractivity contribution in [2.24, 2.45) is 5.92 Å². The summed E-state index contributed by atoms with van der Waals surface area (Å²) in [5.74, 6) is 0.801. The molecule has 1 atom stereocenters. The van der Waals surface area contributed by atoms with E-state index in [-0.39, 0.29) is 12.1 Å². The van der Waals surface area contributed by atoms with Crippen LogP contribution in [0.3, 0.4) is 0 Å². The molecule has 1 aliphatic heterocycles. The van der Waals surface area contributed by atoms with Crippen LogP contribution in [0.2, 0.25) is 0 Å². The molecule has 0 aliphatic carbocycles. The molecule has 0 aromatic carbocycles. The molecule has 2 N–H and O–H groups in total. The van der Waals surface area contributed by atoms with Crippen LogP contribution in [0.4, 0.5) is 4.79 Å². The second-order valence-corrected chi connectivity index (χ2v) is 7.29. The van der Waals surface area contributed by atoms with Gasteiger partial charge in [0.1, 0.15) is 5.60 Å². The molecule has 5 nitrogen and oxygen atoms in total. The fourth-order valence-electron chi connectivity index (χ4n) is 2.47. The van der Waals surface area contributed by atoms with Crippen LogP contribution < -0.4 is 10.6 Å². The summed E-state index contributed by atoms with van der Waals surface area (Å²) < 4.78 is 5.24. The van der Waals surface area contributed by atoms with Crippen molar-refractivity contribution in [3.63, 3.8) is 0 Å². The second-order valence-electron chi connectivity index (χ2n) is 7.29. The first-order valence-corrected chi connectivity index (χ1v) is 8.15. The van der Waals surface area contributed by atoms with Crippen LogP contribution in [-0.2, 0) is 4.74 Å². The lowest BCUT2D eigenvalue weighted by Gasteiger charge is -2.29. The fourth-order valence-corrected chi connectivity index (χ4v) is 2.47. The van der Waals surface area contributed by atoms with Gasteiger partial charge >= 0.3 is 6.09 Å². The lowest BCUT2D eigenvalue weighted by molar-refractivity contribution is 0.0506. The van der Waals surface area contributed by atoms with E-state index >= 15 is 0 Å². The molecule has 0 saturated carbocycles. The molecule has 0 aromatic heterocycles. The minimum Gasteiger partial charge on any atom is -0.444 e. The smallest absolute Gasteiger partial charge is 0.407 e. The summed E-state index contributed by atoms with van der Waals surface area (Å²) in [4.78, 5) is 14.0. The molecule has 1 rings (SSSR count). The highest BCUT2D eigenvalue weighted by Crippen LogP contribution is 2.14. The molecule has 1 saturated heterocycles. The van der Waals surface area contributed by atoms with Crippen LogP contribution >= 0.6 is 0 Å². The maximum Gasteiger partial charge on any atom is 0.407 e. The Balaban J connectivity index is 2.05. The average Bonchev–Trinajstić information content (AvgIpc) is 2.34. The van der Waals surface area contributed by atoms with Gasteiger partial charge in [0, 0.05) is 6.04 Å². The van der Waals surface area contributed by atoms with E-state index in [1.807, 2.05) is 27.7 Å². The first-order chi connectivity index (χ1) is 9.76. The van der Waals surface area contributed by atoms with Gasteiger partial charge in [-0.25, -0.2) is 4.79 Å². The Bertz CT molecular complexity index is 307. The zero-order valence-electron chi connectivity index (χ0n) is 14.4. The summed E-state index contributed by atoms with van der Waals surface area (Å²) in [5.41, 5.74) is -0.434. The molecule has 1 heterocycles. The van der Waals surface area contributed by atoms with Crippen molar-refractivity contribution in [1.29, 1.82) is 0 Å². The summed E-state index contributed by atoms with van der Waals surface area (Å²) in [6.07, 6.45) is 3.17. The van der Waals surface area contributed by atoms with Crippen LogP contribution in [-0.4, -0.2) is 55.9 Å². The van der Waals surface area contributed by atoms with Crippen molar-refractivity contribution < 1.29 is 9.53 Å². The molecule has 1 fully saturated rings. The summed E-state index contributed by atoms with van der Waals surface area (Å²) in [5, 5.41) is 6.38. The van der Waals surface area contributed by atoms with E-state index in [9.17, 15) is 4.79 Å². The van der Waals surface area contributed by atoms with Gasteiger partial charge in [0.2, 0.25) is 0 Å². The van der Waals surface area contributed by atoms with Gasteiger partial charge in [0.15, 0.2) is 0 Å². The highest BCUT2D eigenvalue weighted by molar-refractivity contribution is 5.67. The number of amides is 1. The van der Waals surface area contributed by atoms with Crippen molar-refractivity contribution in [2.75, 3.05) is 33.2 Å². The average molecular weight is 299 g/mol. The largest absolute Gasteiger partial charge is 0.444 e.